The average molecular weight is 304 g/mol. The van der Waals surface area contributed by atoms with Gasteiger partial charge in [0.2, 0.25) is 10.0 Å². The summed E-state index contributed by atoms with van der Waals surface area (Å²) in [5, 5.41) is 0. The van der Waals surface area contributed by atoms with Crippen LogP contribution in [-0.4, -0.2) is 25.8 Å². The van der Waals surface area contributed by atoms with Crippen LogP contribution in [0.4, 0.5) is 14.5 Å². The second-order valence-electron chi connectivity index (χ2n) is 5.07. The molecule has 0 radical (unpaired) electrons. The quantitative estimate of drug-likeness (QED) is 0.849. The Morgan fingerprint density at radius 2 is 1.85 bits per heavy atom. The minimum Gasteiger partial charge on any atom is -0.399 e. The maximum Gasteiger partial charge on any atom is 0.248 e. The summed E-state index contributed by atoms with van der Waals surface area (Å²) in [5.74, 6) is -2.01. The molecule has 0 saturated heterocycles. The SMILES string of the molecule is CCN(CC1CCC1)S(=O)(=O)c1c(F)cc(N)cc1F. The highest BCUT2D eigenvalue weighted by atomic mass is 32.2. The Balaban J connectivity index is 2.37. The number of hydrogen-bond donors (Lipinski definition) is 1. The Kier molecular flexibility index (Phi) is 4.29. The lowest BCUT2D eigenvalue weighted by molar-refractivity contribution is 0.249. The molecule has 2 rings (SSSR count). The molecule has 0 aliphatic heterocycles. The normalized spacial score (nSPS) is 16.4. The van der Waals surface area contributed by atoms with Crippen molar-refractivity contribution in [3.8, 4) is 0 Å². The lowest BCUT2D eigenvalue weighted by Gasteiger charge is -2.31. The fourth-order valence-corrected chi connectivity index (χ4v) is 3.93. The third-order valence-corrected chi connectivity index (χ3v) is 5.65. The van der Waals surface area contributed by atoms with Gasteiger partial charge < -0.3 is 5.73 Å². The first-order chi connectivity index (χ1) is 9.36. The lowest BCUT2D eigenvalue weighted by Crippen LogP contribution is -2.38. The molecule has 2 N–H and O–H groups in total. The van der Waals surface area contributed by atoms with E-state index in [1.54, 1.807) is 6.92 Å². The highest BCUT2D eigenvalue weighted by molar-refractivity contribution is 7.89. The van der Waals surface area contributed by atoms with Gasteiger partial charge in [0.25, 0.3) is 0 Å². The lowest BCUT2D eigenvalue weighted by atomic mass is 9.85. The average Bonchev–Trinajstić information content (AvgIpc) is 2.24. The third-order valence-electron chi connectivity index (χ3n) is 3.66. The highest BCUT2D eigenvalue weighted by Gasteiger charge is 2.33. The number of anilines is 1. The van der Waals surface area contributed by atoms with Crippen molar-refractivity contribution >= 4 is 15.7 Å². The van der Waals surface area contributed by atoms with Crippen LogP contribution in [0.25, 0.3) is 0 Å². The summed E-state index contributed by atoms with van der Waals surface area (Å²) >= 11 is 0. The first-order valence-corrected chi connectivity index (χ1v) is 8.05. The van der Waals surface area contributed by atoms with Crippen molar-refractivity contribution < 1.29 is 17.2 Å². The summed E-state index contributed by atoms with van der Waals surface area (Å²) in [6, 6.07) is 1.65. The maximum absolute atomic E-state index is 13.8. The third kappa shape index (κ3) is 2.78. The summed E-state index contributed by atoms with van der Waals surface area (Å²) < 4.78 is 53.5. The van der Waals surface area contributed by atoms with E-state index in [1.165, 1.54) is 0 Å². The minimum atomic E-state index is -4.17. The van der Waals surface area contributed by atoms with Crippen LogP contribution < -0.4 is 5.73 Å². The number of nitrogens with zero attached hydrogens (tertiary/aromatic N) is 1. The summed E-state index contributed by atoms with van der Waals surface area (Å²) in [7, 11) is -4.17. The van der Waals surface area contributed by atoms with Gasteiger partial charge >= 0.3 is 0 Å². The Hall–Kier alpha value is -1.21. The Bertz CT molecular complexity index is 577. The highest BCUT2D eigenvalue weighted by Crippen LogP contribution is 2.30. The zero-order chi connectivity index (χ0) is 14.9. The molecule has 7 heteroatoms. The van der Waals surface area contributed by atoms with Crippen LogP contribution in [-0.2, 0) is 10.0 Å². The van der Waals surface area contributed by atoms with Gasteiger partial charge in [-0.25, -0.2) is 17.2 Å². The molecule has 0 unspecified atom stereocenters. The van der Waals surface area contributed by atoms with Gasteiger partial charge in [-0.05, 0) is 30.9 Å². The van der Waals surface area contributed by atoms with E-state index in [-0.39, 0.29) is 18.2 Å². The van der Waals surface area contributed by atoms with Crippen molar-refractivity contribution in [3.05, 3.63) is 23.8 Å². The van der Waals surface area contributed by atoms with Crippen LogP contribution in [0.15, 0.2) is 17.0 Å². The number of nitrogens with two attached hydrogens (primary N) is 1. The van der Waals surface area contributed by atoms with Crippen LogP contribution in [0.3, 0.4) is 0 Å². The molecule has 1 aromatic rings. The summed E-state index contributed by atoms with van der Waals surface area (Å²) in [6.45, 7) is 2.15. The first kappa shape index (κ1) is 15.2. The largest absolute Gasteiger partial charge is 0.399 e. The van der Waals surface area contributed by atoms with Crippen molar-refractivity contribution in [2.24, 2.45) is 5.92 Å². The molecule has 0 aromatic heterocycles. The van der Waals surface area contributed by atoms with Gasteiger partial charge in [0.1, 0.15) is 11.6 Å². The fraction of sp³-hybridized carbons (Fsp3) is 0.538. The fourth-order valence-electron chi connectivity index (χ4n) is 2.32. The number of sulfonamides is 1. The van der Waals surface area contributed by atoms with Crippen LogP contribution in [0.2, 0.25) is 0 Å². The van der Waals surface area contributed by atoms with Crippen molar-refractivity contribution in [2.45, 2.75) is 31.1 Å². The van der Waals surface area contributed by atoms with Crippen molar-refractivity contribution in [3.63, 3.8) is 0 Å². The van der Waals surface area contributed by atoms with E-state index in [0.29, 0.717) is 6.54 Å². The molecule has 0 heterocycles. The zero-order valence-electron chi connectivity index (χ0n) is 11.3. The molecule has 1 aliphatic carbocycles. The molecule has 0 spiro atoms. The molecular formula is C13H18F2N2O2S. The molecular weight excluding hydrogens is 286 g/mol. The van der Waals surface area contributed by atoms with Crippen molar-refractivity contribution in [2.75, 3.05) is 18.8 Å². The van der Waals surface area contributed by atoms with Crippen LogP contribution in [0.5, 0.6) is 0 Å². The molecule has 20 heavy (non-hydrogen) atoms. The van der Waals surface area contributed by atoms with Crippen molar-refractivity contribution in [1.29, 1.82) is 0 Å². The summed E-state index contributed by atoms with van der Waals surface area (Å²) in [5.41, 5.74) is 5.17. The van der Waals surface area contributed by atoms with Gasteiger partial charge in [-0.15, -0.1) is 0 Å². The molecule has 112 valence electrons. The molecule has 1 saturated carbocycles. The maximum atomic E-state index is 13.8. The molecule has 1 fully saturated rings. The van der Waals surface area contributed by atoms with Crippen LogP contribution >= 0.6 is 0 Å². The Labute approximate surface area is 117 Å². The van der Waals surface area contributed by atoms with Gasteiger partial charge in [-0.1, -0.05) is 13.3 Å². The summed E-state index contributed by atoms with van der Waals surface area (Å²) in [6.07, 6.45) is 2.99. The Morgan fingerprint density at radius 1 is 1.30 bits per heavy atom. The molecule has 1 aliphatic rings. The Morgan fingerprint density at radius 3 is 2.25 bits per heavy atom. The van der Waals surface area contributed by atoms with Crippen molar-refractivity contribution in [1.82, 2.24) is 4.31 Å². The monoisotopic (exact) mass is 304 g/mol. The van der Waals surface area contributed by atoms with E-state index >= 15 is 0 Å². The first-order valence-electron chi connectivity index (χ1n) is 6.61. The van der Waals surface area contributed by atoms with Crippen LogP contribution in [0, 0.1) is 17.6 Å². The molecule has 1 aromatic carbocycles. The zero-order valence-corrected chi connectivity index (χ0v) is 12.1. The number of rotatable bonds is 5. The second-order valence-corrected chi connectivity index (χ2v) is 6.94. The number of benzene rings is 1. The van der Waals surface area contributed by atoms with Gasteiger partial charge in [0.15, 0.2) is 4.90 Å². The van der Waals surface area contributed by atoms with E-state index < -0.39 is 26.6 Å². The predicted molar refractivity (Wildman–Crippen MR) is 72.5 cm³/mol. The second kappa shape index (κ2) is 5.65. The van der Waals surface area contributed by atoms with Gasteiger partial charge in [-0.2, -0.15) is 4.31 Å². The van der Waals surface area contributed by atoms with Crippen LogP contribution in [0.1, 0.15) is 26.2 Å². The topological polar surface area (TPSA) is 63.4 Å². The molecule has 4 nitrogen and oxygen atoms in total. The number of halogens is 2. The smallest absolute Gasteiger partial charge is 0.248 e. The van der Waals surface area contributed by atoms with E-state index in [0.717, 1.165) is 35.7 Å². The predicted octanol–water partition coefficient (Wildman–Crippen LogP) is 2.36. The van der Waals surface area contributed by atoms with E-state index in [2.05, 4.69) is 0 Å². The number of nitrogen functional groups attached to an aromatic ring is 1. The molecule has 0 atom stereocenters. The van der Waals surface area contributed by atoms with Gasteiger partial charge in [-0.3, -0.25) is 0 Å². The molecule has 0 bridgehead atoms. The van der Waals surface area contributed by atoms with E-state index in [1.807, 2.05) is 0 Å². The van der Waals surface area contributed by atoms with E-state index in [4.69, 9.17) is 5.73 Å². The van der Waals surface area contributed by atoms with E-state index in [9.17, 15) is 17.2 Å². The standard InChI is InChI=1S/C13H18F2N2O2S/c1-2-17(8-9-4-3-5-9)20(18,19)13-11(14)6-10(16)7-12(13)15/h6-7,9H,2-5,8,16H2,1H3. The molecule has 0 amide bonds. The number of hydrogen-bond acceptors (Lipinski definition) is 3. The van der Waals surface area contributed by atoms with Gasteiger partial charge in [0, 0.05) is 18.8 Å². The van der Waals surface area contributed by atoms with Gasteiger partial charge in [0.05, 0.1) is 0 Å². The summed E-state index contributed by atoms with van der Waals surface area (Å²) in [4.78, 5) is -0.909. The minimum absolute atomic E-state index is 0.138.